The van der Waals surface area contributed by atoms with Crippen LogP contribution in [0.3, 0.4) is 0 Å². The molecule has 0 radical (unpaired) electrons. The molecule has 1 aromatic heterocycles. The van der Waals surface area contributed by atoms with Gasteiger partial charge in [0, 0.05) is 32.9 Å². The second-order valence-corrected chi connectivity index (χ2v) is 4.33. The largest absolute Gasteiger partial charge is 0.380 e. The minimum absolute atomic E-state index is 0.424. The summed E-state index contributed by atoms with van der Waals surface area (Å²) in [5, 5.41) is 6.27. The van der Waals surface area contributed by atoms with Crippen LogP contribution in [0.4, 0.5) is 11.6 Å². The van der Waals surface area contributed by atoms with Gasteiger partial charge in [-0.2, -0.15) is 0 Å². The van der Waals surface area contributed by atoms with Gasteiger partial charge in [-0.05, 0) is 13.3 Å². The average Bonchev–Trinajstić information content (AvgIpc) is 2.48. The molecule has 0 fully saturated rings. The molecule has 1 heterocycles. The van der Waals surface area contributed by atoms with Gasteiger partial charge >= 0.3 is 0 Å². The first-order chi connectivity index (χ1) is 9.80. The van der Waals surface area contributed by atoms with Crippen molar-refractivity contribution < 1.29 is 9.47 Å². The highest BCUT2D eigenvalue weighted by molar-refractivity contribution is 5.47. The molecule has 2 N–H and O–H groups in total. The molecule has 0 saturated heterocycles. The van der Waals surface area contributed by atoms with Crippen molar-refractivity contribution in [1.29, 1.82) is 0 Å². The van der Waals surface area contributed by atoms with Crippen molar-refractivity contribution in [3.8, 4) is 0 Å². The molecule has 1 rings (SSSR count). The fraction of sp³-hybridized carbons (Fsp3) is 0.714. The Hall–Kier alpha value is -1.40. The van der Waals surface area contributed by atoms with E-state index in [2.05, 4.69) is 27.5 Å². The molecule has 6 nitrogen and oxygen atoms in total. The Balaban J connectivity index is 2.42. The molecule has 0 aliphatic carbocycles. The van der Waals surface area contributed by atoms with Gasteiger partial charge < -0.3 is 20.1 Å². The van der Waals surface area contributed by atoms with Gasteiger partial charge in [-0.3, -0.25) is 0 Å². The topological polar surface area (TPSA) is 68.3 Å². The van der Waals surface area contributed by atoms with Crippen molar-refractivity contribution in [3.05, 3.63) is 11.9 Å². The summed E-state index contributed by atoms with van der Waals surface area (Å²) in [5.41, 5.74) is 0. The summed E-state index contributed by atoms with van der Waals surface area (Å²) >= 11 is 0. The van der Waals surface area contributed by atoms with Crippen molar-refractivity contribution in [2.45, 2.75) is 33.3 Å². The van der Waals surface area contributed by atoms with Gasteiger partial charge in [0.15, 0.2) is 5.82 Å². The molecule has 0 atom stereocenters. The Morgan fingerprint density at radius 2 is 1.90 bits per heavy atom. The van der Waals surface area contributed by atoms with E-state index in [0.717, 1.165) is 37.6 Å². The first kappa shape index (κ1) is 16.7. The molecule has 0 aromatic carbocycles. The lowest BCUT2D eigenvalue weighted by Gasteiger charge is -2.10. The van der Waals surface area contributed by atoms with Gasteiger partial charge in [0.25, 0.3) is 0 Å². The molecule has 0 spiro atoms. The number of nitrogens with one attached hydrogen (secondary N) is 2. The van der Waals surface area contributed by atoms with Crippen LogP contribution in [0.1, 0.15) is 32.5 Å². The summed E-state index contributed by atoms with van der Waals surface area (Å²) < 4.78 is 10.8. The first-order valence-corrected chi connectivity index (χ1v) is 7.25. The number of aromatic nitrogens is 2. The Labute approximate surface area is 121 Å². The second kappa shape index (κ2) is 10.4. The molecule has 1 aromatic rings. The maximum atomic E-state index is 5.50. The third kappa shape index (κ3) is 6.68. The maximum Gasteiger partial charge on any atom is 0.158 e. The van der Waals surface area contributed by atoms with Crippen LogP contribution in [0.15, 0.2) is 6.07 Å². The van der Waals surface area contributed by atoms with Crippen LogP contribution in [0.5, 0.6) is 0 Å². The summed E-state index contributed by atoms with van der Waals surface area (Å²) in [6, 6.07) is 1.88. The smallest absolute Gasteiger partial charge is 0.158 e. The van der Waals surface area contributed by atoms with E-state index in [0.29, 0.717) is 25.6 Å². The molecular formula is C14H26N4O2. The van der Waals surface area contributed by atoms with Crippen molar-refractivity contribution in [3.63, 3.8) is 0 Å². The van der Waals surface area contributed by atoms with E-state index in [1.165, 1.54) is 0 Å². The highest BCUT2D eigenvalue weighted by Gasteiger charge is 2.03. The highest BCUT2D eigenvalue weighted by atomic mass is 16.5. The predicted molar refractivity (Wildman–Crippen MR) is 81.1 cm³/mol. The lowest BCUT2D eigenvalue weighted by molar-refractivity contribution is 0.128. The number of hydrogen-bond acceptors (Lipinski definition) is 6. The van der Waals surface area contributed by atoms with E-state index in [-0.39, 0.29) is 0 Å². The first-order valence-electron chi connectivity index (χ1n) is 7.25. The van der Waals surface area contributed by atoms with Crippen molar-refractivity contribution in [2.75, 3.05) is 44.0 Å². The minimum atomic E-state index is 0.424. The lowest BCUT2D eigenvalue weighted by atomic mass is 10.4. The van der Waals surface area contributed by atoms with E-state index < -0.39 is 0 Å². The molecule has 0 bridgehead atoms. The van der Waals surface area contributed by atoms with Crippen LogP contribution in [0, 0.1) is 0 Å². The maximum absolute atomic E-state index is 5.50. The number of unbranched alkanes of at least 4 members (excludes halogenated alkanes) is 1. The summed E-state index contributed by atoms with van der Waals surface area (Å²) in [4.78, 5) is 8.75. The van der Waals surface area contributed by atoms with E-state index in [9.17, 15) is 0 Å². The van der Waals surface area contributed by atoms with E-state index in [1.807, 2.05) is 20.0 Å². The van der Waals surface area contributed by atoms with Crippen molar-refractivity contribution in [2.24, 2.45) is 0 Å². The monoisotopic (exact) mass is 282 g/mol. The second-order valence-electron chi connectivity index (χ2n) is 4.33. The molecule has 0 aliphatic heterocycles. The third-order valence-electron chi connectivity index (χ3n) is 2.66. The van der Waals surface area contributed by atoms with Gasteiger partial charge in [-0.1, -0.05) is 13.3 Å². The van der Waals surface area contributed by atoms with Crippen LogP contribution < -0.4 is 10.6 Å². The van der Waals surface area contributed by atoms with E-state index >= 15 is 0 Å². The SMILES string of the molecule is CCCCOCCNc1cc(NC)nc(COCC)n1. The summed E-state index contributed by atoms with van der Waals surface area (Å²) in [6.07, 6.45) is 2.27. The minimum Gasteiger partial charge on any atom is -0.380 e. The Bertz CT molecular complexity index is 374. The Kier molecular flexibility index (Phi) is 8.66. The zero-order valence-electron chi connectivity index (χ0n) is 12.7. The third-order valence-corrected chi connectivity index (χ3v) is 2.66. The molecule has 0 amide bonds. The lowest BCUT2D eigenvalue weighted by Crippen LogP contribution is -2.13. The van der Waals surface area contributed by atoms with Crippen LogP contribution >= 0.6 is 0 Å². The Morgan fingerprint density at radius 1 is 1.10 bits per heavy atom. The fourth-order valence-electron chi connectivity index (χ4n) is 1.57. The molecule has 6 heteroatoms. The number of ether oxygens (including phenoxy) is 2. The van der Waals surface area contributed by atoms with E-state index in [1.54, 1.807) is 0 Å². The molecule has 114 valence electrons. The zero-order chi connectivity index (χ0) is 14.6. The van der Waals surface area contributed by atoms with Gasteiger partial charge in [0.2, 0.25) is 0 Å². The standard InChI is InChI=1S/C14H26N4O2/c1-4-6-8-20-9-7-16-13-10-12(15-3)17-14(18-13)11-19-5-2/h10H,4-9,11H2,1-3H3,(H2,15,16,17,18). The Morgan fingerprint density at radius 3 is 2.60 bits per heavy atom. The van der Waals surface area contributed by atoms with Crippen molar-refractivity contribution in [1.82, 2.24) is 9.97 Å². The van der Waals surface area contributed by atoms with Gasteiger partial charge in [0.1, 0.15) is 18.2 Å². The quantitative estimate of drug-likeness (QED) is 0.607. The van der Waals surface area contributed by atoms with Crippen LogP contribution in [-0.4, -0.2) is 43.4 Å². The number of nitrogens with zero attached hydrogens (tertiary/aromatic N) is 2. The molecule has 0 unspecified atom stereocenters. The normalized spacial score (nSPS) is 10.6. The highest BCUT2D eigenvalue weighted by Crippen LogP contribution is 2.11. The van der Waals surface area contributed by atoms with Gasteiger partial charge in [0.05, 0.1) is 6.61 Å². The van der Waals surface area contributed by atoms with Gasteiger partial charge in [-0.25, -0.2) is 9.97 Å². The van der Waals surface area contributed by atoms with Gasteiger partial charge in [-0.15, -0.1) is 0 Å². The number of rotatable bonds is 11. The van der Waals surface area contributed by atoms with Crippen molar-refractivity contribution >= 4 is 11.6 Å². The average molecular weight is 282 g/mol. The van der Waals surface area contributed by atoms with Crippen LogP contribution in [0.2, 0.25) is 0 Å². The number of anilines is 2. The fourth-order valence-corrected chi connectivity index (χ4v) is 1.57. The van der Waals surface area contributed by atoms with Crippen LogP contribution in [-0.2, 0) is 16.1 Å². The number of hydrogen-bond donors (Lipinski definition) is 2. The molecule has 20 heavy (non-hydrogen) atoms. The molecule has 0 saturated carbocycles. The van der Waals surface area contributed by atoms with Crippen LogP contribution in [0.25, 0.3) is 0 Å². The zero-order valence-corrected chi connectivity index (χ0v) is 12.7. The molecule has 0 aliphatic rings. The predicted octanol–water partition coefficient (Wildman–Crippen LogP) is 2.28. The summed E-state index contributed by atoms with van der Waals surface area (Å²) in [5.74, 6) is 2.25. The molecular weight excluding hydrogens is 256 g/mol. The summed E-state index contributed by atoms with van der Waals surface area (Å²) in [6.45, 7) is 7.42. The van der Waals surface area contributed by atoms with E-state index in [4.69, 9.17) is 9.47 Å². The summed E-state index contributed by atoms with van der Waals surface area (Å²) in [7, 11) is 1.84.